The number of alkyl halides is 6. The van der Waals surface area contributed by atoms with E-state index in [0.29, 0.717) is 12.9 Å². The summed E-state index contributed by atoms with van der Waals surface area (Å²) in [5.41, 5.74) is -1.40. The van der Waals surface area contributed by atoms with E-state index < -0.39 is 30.2 Å². The lowest BCUT2D eigenvalue weighted by atomic mass is 9.98. The van der Waals surface area contributed by atoms with Gasteiger partial charge < -0.3 is 15.5 Å². The number of aromatic nitrogens is 1. The first-order valence-electron chi connectivity index (χ1n) is 9.97. The molecule has 2 N–H and O–H groups in total. The highest BCUT2D eigenvalue weighted by Crippen LogP contribution is 2.36. The van der Waals surface area contributed by atoms with Gasteiger partial charge in [0.15, 0.2) is 0 Å². The second-order valence-electron chi connectivity index (χ2n) is 7.48. The molecule has 1 aromatic heterocycles. The molecule has 4 nitrogen and oxygen atoms in total. The summed E-state index contributed by atoms with van der Waals surface area (Å²) >= 11 is 0. The molecule has 0 aliphatic rings. The number of allylic oxidation sites excluding steroid dienone is 1. The number of pyridine rings is 1. The van der Waals surface area contributed by atoms with Crippen LogP contribution in [0.4, 0.5) is 30.7 Å². The maximum Gasteiger partial charge on any atom is 0.417 e. The van der Waals surface area contributed by atoms with E-state index in [0.717, 1.165) is 6.08 Å². The standard InChI is InChI=1S/C23H27F7N4/c1-6-19-20(16(3)32-18(13-24)9-11-34(4)5)12-17(8-7-10-31-14-22(25,26)27)33-21(19)15(2)23(28,29)30/h6-8,12-13,31-32H,1-3,9-11,14H2,4-5H3/b8-7+,18-13-. The highest BCUT2D eigenvalue weighted by molar-refractivity contribution is 5.82. The summed E-state index contributed by atoms with van der Waals surface area (Å²) in [6, 6.07) is 1.38. The summed E-state index contributed by atoms with van der Waals surface area (Å²) in [5.74, 6) is 0. The van der Waals surface area contributed by atoms with Crippen LogP contribution in [0, 0.1) is 0 Å². The summed E-state index contributed by atoms with van der Waals surface area (Å²) in [6.45, 7) is 9.51. The Morgan fingerprint density at radius 1 is 1.15 bits per heavy atom. The van der Waals surface area contributed by atoms with Crippen LogP contribution >= 0.6 is 0 Å². The molecule has 0 aliphatic carbocycles. The molecule has 0 aliphatic heterocycles. The van der Waals surface area contributed by atoms with Gasteiger partial charge in [0.2, 0.25) is 0 Å². The SMILES string of the molecule is C=Cc1c(C(=C)N/C(=C\F)CCN(C)C)cc(/C=C/CNCC(F)(F)F)nc1C(=C)C(F)(F)F. The summed E-state index contributed by atoms with van der Waals surface area (Å²) < 4.78 is 90.3. The predicted molar refractivity (Wildman–Crippen MR) is 122 cm³/mol. The molecule has 34 heavy (non-hydrogen) atoms. The Labute approximate surface area is 194 Å². The van der Waals surface area contributed by atoms with Crippen molar-refractivity contribution in [3.63, 3.8) is 0 Å². The van der Waals surface area contributed by atoms with E-state index in [-0.39, 0.29) is 41.2 Å². The quantitative estimate of drug-likeness (QED) is 0.286. The van der Waals surface area contributed by atoms with Gasteiger partial charge in [0, 0.05) is 42.0 Å². The van der Waals surface area contributed by atoms with Gasteiger partial charge in [0.1, 0.15) is 6.33 Å². The number of halogens is 7. The minimum absolute atomic E-state index is 0.0110. The second-order valence-corrected chi connectivity index (χ2v) is 7.48. The molecule has 1 heterocycles. The summed E-state index contributed by atoms with van der Waals surface area (Å²) in [5, 5.41) is 4.89. The smallest absolute Gasteiger partial charge is 0.357 e. The average Bonchev–Trinajstić information content (AvgIpc) is 2.73. The van der Waals surface area contributed by atoms with E-state index in [1.165, 1.54) is 18.2 Å². The first-order chi connectivity index (χ1) is 15.7. The largest absolute Gasteiger partial charge is 0.417 e. The molecule has 0 radical (unpaired) electrons. The second kappa shape index (κ2) is 12.5. The number of nitrogens with zero attached hydrogens (tertiary/aromatic N) is 2. The molecular weight excluding hydrogens is 465 g/mol. The molecule has 1 aromatic rings. The van der Waals surface area contributed by atoms with Crippen LogP contribution in [-0.2, 0) is 0 Å². The Morgan fingerprint density at radius 2 is 1.79 bits per heavy atom. The lowest BCUT2D eigenvalue weighted by molar-refractivity contribution is -0.124. The minimum atomic E-state index is -4.80. The van der Waals surface area contributed by atoms with Gasteiger partial charge in [-0.2, -0.15) is 26.3 Å². The van der Waals surface area contributed by atoms with Crippen molar-refractivity contribution in [2.24, 2.45) is 0 Å². The van der Waals surface area contributed by atoms with E-state index in [1.807, 2.05) is 4.90 Å². The van der Waals surface area contributed by atoms with Crippen molar-refractivity contribution in [3.05, 3.63) is 66.4 Å². The third kappa shape index (κ3) is 9.52. The highest BCUT2D eigenvalue weighted by atomic mass is 19.4. The van der Waals surface area contributed by atoms with E-state index in [2.05, 4.69) is 35.4 Å². The fraction of sp³-hybridized carbons (Fsp3) is 0.348. The maximum absolute atomic E-state index is 13.4. The van der Waals surface area contributed by atoms with Gasteiger partial charge in [0.05, 0.1) is 23.5 Å². The Bertz CT molecular complexity index is 942. The fourth-order valence-corrected chi connectivity index (χ4v) is 2.71. The molecule has 11 heteroatoms. The van der Waals surface area contributed by atoms with Gasteiger partial charge in [-0.1, -0.05) is 31.9 Å². The lowest BCUT2D eigenvalue weighted by Crippen LogP contribution is -2.28. The molecule has 0 bridgehead atoms. The molecule has 0 saturated carbocycles. The van der Waals surface area contributed by atoms with Crippen molar-refractivity contribution >= 4 is 23.4 Å². The van der Waals surface area contributed by atoms with Crippen LogP contribution in [0.5, 0.6) is 0 Å². The molecule has 0 amide bonds. The van der Waals surface area contributed by atoms with E-state index in [1.54, 1.807) is 14.1 Å². The predicted octanol–water partition coefficient (Wildman–Crippen LogP) is 5.79. The third-order valence-corrected chi connectivity index (χ3v) is 4.38. The van der Waals surface area contributed by atoms with E-state index in [9.17, 15) is 30.7 Å². The summed E-state index contributed by atoms with van der Waals surface area (Å²) in [6.07, 6.45) is -4.89. The Hall–Kier alpha value is -2.92. The first-order valence-corrected chi connectivity index (χ1v) is 9.97. The van der Waals surface area contributed by atoms with Crippen molar-refractivity contribution in [2.45, 2.75) is 18.8 Å². The molecule has 0 unspecified atom stereocenters. The topological polar surface area (TPSA) is 40.2 Å². The molecular formula is C23H27F7N4. The van der Waals surface area contributed by atoms with Crippen LogP contribution in [0.2, 0.25) is 0 Å². The number of hydrogen-bond acceptors (Lipinski definition) is 4. The van der Waals surface area contributed by atoms with Gasteiger partial charge in [-0.15, -0.1) is 0 Å². The van der Waals surface area contributed by atoms with Crippen molar-refractivity contribution in [1.29, 1.82) is 0 Å². The Kier molecular flexibility index (Phi) is 10.7. The van der Waals surface area contributed by atoms with Crippen molar-refractivity contribution in [1.82, 2.24) is 20.5 Å². The van der Waals surface area contributed by atoms with Gasteiger partial charge >= 0.3 is 12.4 Å². The van der Waals surface area contributed by atoms with Crippen molar-refractivity contribution in [2.75, 3.05) is 33.7 Å². The van der Waals surface area contributed by atoms with Crippen molar-refractivity contribution < 1.29 is 30.7 Å². The molecule has 0 aromatic carbocycles. The molecule has 0 atom stereocenters. The summed E-state index contributed by atoms with van der Waals surface area (Å²) in [7, 11) is 3.58. The molecule has 0 spiro atoms. The number of hydrogen-bond donors (Lipinski definition) is 2. The highest BCUT2D eigenvalue weighted by Gasteiger charge is 2.35. The average molecular weight is 492 g/mol. The normalized spacial score (nSPS) is 12.9. The molecule has 0 fully saturated rings. The zero-order valence-electron chi connectivity index (χ0n) is 18.9. The zero-order valence-corrected chi connectivity index (χ0v) is 18.9. The zero-order chi connectivity index (χ0) is 26.1. The van der Waals surface area contributed by atoms with E-state index >= 15 is 0 Å². The molecule has 188 valence electrons. The van der Waals surface area contributed by atoms with E-state index in [4.69, 9.17) is 0 Å². The first kappa shape index (κ1) is 29.1. The van der Waals surface area contributed by atoms with Gasteiger partial charge in [-0.05, 0) is 26.2 Å². The molecule has 0 saturated heterocycles. The lowest BCUT2D eigenvalue weighted by Gasteiger charge is -2.20. The van der Waals surface area contributed by atoms with Crippen LogP contribution in [0.3, 0.4) is 0 Å². The third-order valence-electron chi connectivity index (χ3n) is 4.38. The van der Waals surface area contributed by atoms with Crippen LogP contribution in [0.1, 0.15) is 28.9 Å². The van der Waals surface area contributed by atoms with Crippen LogP contribution < -0.4 is 10.6 Å². The fourth-order valence-electron chi connectivity index (χ4n) is 2.71. The van der Waals surface area contributed by atoms with Crippen LogP contribution in [0.25, 0.3) is 23.4 Å². The van der Waals surface area contributed by atoms with Crippen LogP contribution in [-0.4, -0.2) is 56.0 Å². The molecule has 1 rings (SSSR count). The van der Waals surface area contributed by atoms with Gasteiger partial charge in [0.25, 0.3) is 0 Å². The van der Waals surface area contributed by atoms with Crippen LogP contribution in [0.15, 0.2) is 43.9 Å². The monoisotopic (exact) mass is 492 g/mol. The Morgan fingerprint density at radius 3 is 2.29 bits per heavy atom. The minimum Gasteiger partial charge on any atom is -0.357 e. The Balaban J connectivity index is 3.37. The van der Waals surface area contributed by atoms with Gasteiger partial charge in [-0.25, -0.2) is 9.37 Å². The number of rotatable bonds is 12. The maximum atomic E-state index is 13.4. The summed E-state index contributed by atoms with van der Waals surface area (Å²) in [4.78, 5) is 5.78. The van der Waals surface area contributed by atoms with Gasteiger partial charge in [-0.3, -0.25) is 0 Å². The number of nitrogens with one attached hydrogen (secondary N) is 2. The van der Waals surface area contributed by atoms with Crippen molar-refractivity contribution in [3.8, 4) is 0 Å².